The average Bonchev–Trinajstić information content (AvgIpc) is 2.70. The lowest BCUT2D eigenvalue weighted by atomic mass is 9.92. The summed E-state index contributed by atoms with van der Waals surface area (Å²) >= 11 is 0. The standard InChI is InChI=1S/C21H35N5O2/c1-17-13-18(2)16-25(15-17)8-4-7-23-21(27)24-14-19-5-3-6-22-20(19)26-9-11-28-12-10-26/h3,5-6,17-18H,4,7-16H2,1-2H3,(H2,23,24,27). The second kappa shape index (κ2) is 10.6. The Kier molecular flexibility index (Phi) is 7.91. The van der Waals surface area contributed by atoms with Gasteiger partial charge in [0.25, 0.3) is 0 Å². The second-order valence-corrected chi connectivity index (χ2v) is 8.25. The lowest BCUT2D eigenvalue weighted by molar-refractivity contribution is 0.122. The van der Waals surface area contributed by atoms with Gasteiger partial charge in [-0.15, -0.1) is 0 Å². The van der Waals surface area contributed by atoms with Crippen molar-refractivity contribution in [3.05, 3.63) is 23.9 Å². The number of pyridine rings is 1. The molecule has 0 radical (unpaired) electrons. The lowest BCUT2D eigenvalue weighted by Crippen LogP contribution is -2.41. The Balaban J connectivity index is 1.37. The van der Waals surface area contributed by atoms with Crippen molar-refractivity contribution < 1.29 is 9.53 Å². The molecule has 7 nitrogen and oxygen atoms in total. The first kappa shape index (κ1) is 20.9. The van der Waals surface area contributed by atoms with Gasteiger partial charge in [0.05, 0.1) is 13.2 Å². The molecule has 156 valence electrons. The van der Waals surface area contributed by atoms with Gasteiger partial charge in [-0.3, -0.25) is 0 Å². The van der Waals surface area contributed by atoms with Crippen LogP contribution in [-0.2, 0) is 11.3 Å². The van der Waals surface area contributed by atoms with Crippen LogP contribution in [0.1, 0.15) is 32.3 Å². The third kappa shape index (κ3) is 6.34. The predicted octanol–water partition coefficient (Wildman–Crippen LogP) is 2.09. The molecule has 2 aliphatic heterocycles. The molecule has 1 aromatic heterocycles. The highest BCUT2D eigenvalue weighted by molar-refractivity contribution is 5.74. The van der Waals surface area contributed by atoms with Gasteiger partial charge >= 0.3 is 6.03 Å². The molecule has 7 heteroatoms. The molecule has 3 rings (SSSR count). The zero-order valence-electron chi connectivity index (χ0n) is 17.3. The first-order valence-electron chi connectivity index (χ1n) is 10.6. The molecule has 1 aromatic rings. The van der Waals surface area contributed by atoms with Gasteiger partial charge < -0.3 is 25.2 Å². The zero-order valence-corrected chi connectivity index (χ0v) is 17.3. The van der Waals surface area contributed by atoms with Gasteiger partial charge in [0.15, 0.2) is 0 Å². The van der Waals surface area contributed by atoms with Gasteiger partial charge in [-0.1, -0.05) is 19.9 Å². The van der Waals surface area contributed by atoms with E-state index in [1.807, 2.05) is 12.1 Å². The van der Waals surface area contributed by atoms with Crippen molar-refractivity contribution in [3.63, 3.8) is 0 Å². The number of nitrogens with zero attached hydrogens (tertiary/aromatic N) is 3. The number of amides is 2. The molecule has 0 saturated carbocycles. The maximum absolute atomic E-state index is 12.2. The number of rotatable bonds is 7. The van der Waals surface area contributed by atoms with Crippen LogP contribution in [0.15, 0.2) is 18.3 Å². The molecule has 0 bridgehead atoms. The van der Waals surface area contributed by atoms with Crippen molar-refractivity contribution in [1.29, 1.82) is 0 Å². The van der Waals surface area contributed by atoms with Crippen LogP contribution in [0.2, 0.25) is 0 Å². The van der Waals surface area contributed by atoms with E-state index in [0.29, 0.717) is 13.1 Å². The number of aromatic nitrogens is 1. The van der Waals surface area contributed by atoms with Crippen molar-refractivity contribution in [2.24, 2.45) is 11.8 Å². The minimum atomic E-state index is -0.114. The van der Waals surface area contributed by atoms with Crippen LogP contribution in [0.3, 0.4) is 0 Å². The fourth-order valence-corrected chi connectivity index (χ4v) is 4.35. The van der Waals surface area contributed by atoms with E-state index in [9.17, 15) is 4.79 Å². The van der Waals surface area contributed by atoms with E-state index >= 15 is 0 Å². The van der Waals surface area contributed by atoms with Gasteiger partial charge in [0, 0.05) is 51.0 Å². The molecule has 2 aliphatic rings. The molecular formula is C21H35N5O2. The Hall–Kier alpha value is -1.86. The maximum Gasteiger partial charge on any atom is 0.315 e. The fraction of sp³-hybridized carbons (Fsp3) is 0.714. The Morgan fingerprint density at radius 2 is 1.96 bits per heavy atom. The van der Waals surface area contributed by atoms with Gasteiger partial charge in [-0.05, 0) is 37.3 Å². The molecule has 2 unspecified atom stereocenters. The van der Waals surface area contributed by atoms with Crippen LogP contribution >= 0.6 is 0 Å². The smallest absolute Gasteiger partial charge is 0.315 e. The first-order valence-corrected chi connectivity index (χ1v) is 10.6. The molecule has 28 heavy (non-hydrogen) atoms. The molecule has 3 heterocycles. The van der Waals surface area contributed by atoms with Crippen LogP contribution in [0.5, 0.6) is 0 Å². The summed E-state index contributed by atoms with van der Waals surface area (Å²) in [6.07, 6.45) is 4.12. The van der Waals surface area contributed by atoms with Crippen LogP contribution in [0.25, 0.3) is 0 Å². The minimum Gasteiger partial charge on any atom is -0.378 e. The molecule has 2 fully saturated rings. The second-order valence-electron chi connectivity index (χ2n) is 8.25. The number of nitrogens with one attached hydrogen (secondary N) is 2. The van der Waals surface area contributed by atoms with Crippen LogP contribution in [0, 0.1) is 11.8 Å². The fourth-order valence-electron chi connectivity index (χ4n) is 4.35. The van der Waals surface area contributed by atoms with Gasteiger partial charge in [-0.25, -0.2) is 9.78 Å². The molecule has 2 saturated heterocycles. The number of likely N-dealkylation sites (tertiary alicyclic amines) is 1. The van der Waals surface area contributed by atoms with Crippen molar-refractivity contribution in [2.75, 3.05) is 57.4 Å². The van der Waals surface area contributed by atoms with Crippen LogP contribution in [0.4, 0.5) is 10.6 Å². The Bertz CT molecular complexity index is 611. The Morgan fingerprint density at radius 3 is 2.71 bits per heavy atom. The summed E-state index contributed by atoms with van der Waals surface area (Å²) in [4.78, 5) is 21.4. The van der Waals surface area contributed by atoms with E-state index in [-0.39, 0.29) is 6.03 Å². The lowest BCUT2D eigenvalue weighted by Gasteiger charge is -2.34. The summed E-state index contributed by atoms with van der Waals surface area (Å²) in [5.41, 5.74) is 1.04. The van der Waals surface area contributed by atoms with E-state index in [2.05, 4.69) is 39.3 Å². The average molecular weight is 390 g/mol. The third-order valence-electron chi connectivity index (χ3n) is 5.50. The summed E-state index contributed by atoms with van der Waals surface area (Å²) in [5.74, 6) is 2.50. The highest BCUT2D eigenvalue weighted by Gasteiger charge is 2.21. The minimum absolute atomic E-state index is 0.114. The van der Waals surface area contributed by atoms with Crippen molar-refractivity contribution in [2.45, 2.75) is 33.2 Å². The number of carbonyl (C=O) groups excluding carboxylic acids is 1. The Labute approximate surface area is 168 Å². The SMILES string of the molecule is CC1CC(C)CN(CCCNC(=O)NCc2cccnc2N2CCOCC2)C1. The summed E-state index contributed by atoms with van der Waals surface area (Å²) in [7, 11) is 0. The van der Waals surface area contributed by atoms with Crippen molar-refractivity contribution in [3.8, 4) is 0 Å². The maximum atomic E-state index is 12.2. The molecule has 0 aromatic carbocycles. The van der Waals surface area contributed by atoms with E-state index in [1.54, 1.807) is 6.20 Å². The van der Waals surface area contributed by atoms with E-state index in [0.717, 1.165) is 62.5 Å². The predicted molar refractivity (Wildman–Crippen MR) is 112 cm³/mol. The number of piperidine rings is 1. The summed E-state index contributed by atoms with van der Waals surface area (Å²) in [6.45, 7) is 12.4. The molecular weight excluding hydrogens is 354 g/mol. The number of ether oxygens (including phenoxy) is 1. The van der Waals surface area contributed by atoms with Crippen LogP contribution in [-0.4, -0.2) is 68.4 Å². The summed E-state index contributed by atoms with van der Waals surface area (Å²) in [5, 5.41) is 5.95. The van der Waals surface area contributed by atoms with Crippen molar-refractivity contribution >= 4 is 11.8 Å². The number of carbonyl (C=O) groups is 1. The molecule has 2 atom stereocenters. The number of hydrogen-bond donors (Lipinski definition) is 2. The van der Waals surface area contributed by atoms with Gasteiger partial charge in [-0.2, -0.15) is 0 Å². The third-order valence-corrected chi connectivity index (χ3v) is 5.50. The van der Waals surface area contributed by atoms with Gasteiger partial charge in [0.1, 0.15) is 5.82 Å². The highest BCUT2D eigenvalue weighted by atomic mass is 16.5. The first-order chi connectivity index (χ1) is 13.6. The number of urea groups is 1. The van der Waals surface area contributed by atoms with Crippen LogP contribution < -0.4 is 15.5 Å². The topological polar surface area (TPSA) is 69.7 Å². The quantitative estimate of drug-likeness (QED) is 0.699. The summed E-state index contributed by atoms with van der Waals surface area (Å²) in [6, 6.07) is 3.83. The largest absolute Gasteiger partial charge is 0.378 e. The number of morpholine rings is 1. The van der Waals surface area contributed by atoms with Gasteiger partial charge in [0.2, 0.25) is 0 Å². The molecule has 0 aliphatic carbocycles. The van der Waals surface area contributed by atoms with E-state index in [1.165, 1.54) is 19.5 Å². The highest BCUT2D eigenvalue weighted by Crippen LogP contribution is 2.21. The van der Waals surface area contributed by atoms with Crippen molar-refractivity contribution in [1.82, 2.24) is 20.5 Å². The molecule has 0 spiro atoms. The number of hydrogen-bond acceptors (Lipinski definition) is 5. The summed E-state index contributed by atoms with van der Waals surface area (Å²) < 4.78 is 5.42. The molecule has 2 N–H and O–H groups in total. The van der Waals surface area contributed by atoms with E-state index in [4.69, 9.17) is 4.74 Å². The van der Waals surface area contributed by atoms with E-state index < -0.39 is 0 Å². The Morgan fingerprint density at radius 1 is 1.21 bits per heavy atom. The normalized spacial score (nSPS) is 23.4. The molecule has 2 amide bonds. The monoisotopic (exact) mass is 389 g/mol. The number of anilines is 1. The zero-order chi connectivity index (χ0) is 19.8.